The van der Waals surface area contributed by atoms with Crippen molar-refractivity contribution in [2.75, 3.05) is 0 Å². The van der Waals surface area contributed by atoms with E-state index in [1.165, 1.54) is 64.2 Å². The third-order valence-electron chi connectivity index (χ3n) is 10.5. The summed E-state index contributed by atoms with van der Waals surface area (Å²) in [6.07, 6.45) is 13.7. The Bertz CT molecular complexity index is 1760. The van der Waals surface area contributed by atoms with Crippen molar-refractivity contribution in [2.45, 2.75) is 91.1 Å². The number of H-pyrrole nitrogens is 1. The molecular formula is C39H47Cl3N6. The Labute approximate surface area is 299 Å². The fraction of sp³-hybridized carbons (Fsp3) is 0.462. The van der Waals surface area contributed by atoms with Crippen LogP contribution in [-0.4, -0.2) is 29.1 Å². The number of nitrogens with one attached hydrogen (secondary N) is 1. The minimum atomic E-state index is 0.446. The summed E-state index contributed by atoms with van der Waals surface area (Å²) < 4.78 is 4.34. The average molecular weight is 706 g/mol. The van der Waals surface area contributed by atoms with Gasteiger partial charge in [0, 0.05) is 13.1 Å². The number of fused-ring (bicyclic) bond motifs is 3. The largest absolute Gasteiger partial charge is 0.329 e. The number of hydrogen-bond donors (Lipinski definition) is 1. The Morgan fingerprint density at radius 3 is 1.38 bits per heavy atom. The molecular weight excluding hydrogens is 659 g/mol. The van der Waals surface area contributed by atoms with Crippen molar-refractivity contribution in [3.05, 3.63) is 88.6 Å². The zero-order valence-corrected chi connectivity index (χ0v) is 30.4. The smallest absolute Gasteiger partial charge is 0.203 e. The van der Waals surface area contributed by atoms with Crippen LogP contribution in [0.4, 0.5) is 0 Å². The maximum Gasteiger partial charge on any atom is 0.203 e. The third-order valence-corrected chi connectivity index (χ3v) is 11.3. The molecule has 2 aliphatic rings. The van der Waals surface area contributed by atoms with Gasteiger partial charge in [-0.3, -0.25) is 0 Å². The summed E-state index contributed by atoms with van der Waals surface area (Å²) in [5.41, 5.74) is 6.10. The lowest BCUT2D eigenvalue weighted by atomic mass is 9.80. The summed E-state index contributed by atoms with van der Waals surface area (Å²) >= 11 is 18.4. The van der Waals surface area contributed by atoms with Crippen LogP contribution in [0, 0.1) is 23.7 Å². The molecule has 0 amide bonds. The van der Waals surface area contributed by atoms with Crippen LogP contribution in [-0.2, 0) is 13.1 Å². The molecule has 2 aliphatic carbocycles. The van der Waals surface area contributed by atoms with Gasteiger partial charge in [-0.15, -0.1) is 0 Å². The van der Waals surface area contributed by atoms with Crippen LogP contribution in [0.15, 0.2) is 72.8 Å². The molecule has 2 fully saturated rings. The minimum absolute atomic E-state index is 0.446. The first-order valence-corrected chi connectivity index (χ1v) is 18.9. The van der Waals surface area contributed by atoms with Crippen LogP contribution in [0.25, 0.3) is 33.1 Å². The van der Waals surface area contributed by atoms with Gasteiger partial charge in [-0.1, -0.05) is 88.8 Å². The van der Waals surface area contributed by atoms with Gasteiger partial charge in [-0.25, -0.2) is 15.0 Å². The molecule has 0 aliphatic heterocycles. The number of aromatic amines is 1. The predicted octanol–water partition coefficient (Wildman–Crippen LogP) is 12.0. The van der Waals surface area contributed by atoms with Crippen LogP contribution in [0.3, 0.4) is 0 Å². The van der Waals surface area contributed by atoms with Gasteiger partial charge in [0.2, 0.25) is 15.9 Å². The standard InChI is InChI=1S/C22H22Cl2N4.C10H20.C7H5ClN2/c23-21-25-17-5-1-3-7-19(17)27(21)13-15-9-11-16(12-10-15)14-28-20-8-4-2-6-18(20)26-22(28)24;1-3-9-5-7-10(4-2)8-6-9;8-7-9-5-3-1-2-4-6(5)10-7/h1-8,15-16H,9-14H2;9-10H,3-8H2,1-2H3;1-4H,(H,9,10). The molecule has 3 heterocycles. The fourth-order valence-electron chi connectivity index (χ4n) is 7.52. The second-order valence-corrected chi connectivity index (χ2v) is 14.6. The summed E-state index contributed by atoms with van der Waals surface area (Å²) in [7, 11) is 0. The molecule has 0 saturated heterocycles. The first-order valence-electron chi connectivity index (χ1n) is 17.7. The molecule has 254 valence electrons. The fourth-order valence-corrected chi connectivity index (χ4v) is 8.22. The van der Waals surface area contributed by atoms with Gasteiger partial charge in [0.05, 0.1) is 33.1 Å². The molecule has 8 rings (SSSR count). The molecule has 6 aromatic rings. The van der Waals surface area contributed by atoms with E-state index in [0.29, 0.717) is 27.7 Å². The van der Waals surface area contributed by atoms with E-state index in [9.17, 15) is 0 Å². The van der Waals surface area contributed by atoms with Crippen LogP contribution in [0.1, 0.15) is 78.1 Å². The zero-order valence-electron chi connectivity index (χ0n) is 28.1. The van der Waals surface area contributed by atoms with Crippen molar-refractivity contribution in [1.82, 2.24) is 29.1 Å². The quantitative estimate of drug-likeness (QED) is 0.188. The van der Waals surface area contributed by atoms with E-state index in [1.807, 2.05) is 60.7 Å². The molecule has 0 atom stereocenters. The maximum atomic E-state index is 6.41. The highest BCUT2D eigenvalue weighted by Crippen LogP contribution is 2.34. The lowest BCUT2D eigenvalue weighted by Gasteiger charge is -2.29. The molecule has 0 radical (unpaired) electrons. The van der Waals surface area contributed by atoms with E-state index in [2.05, 4.69) is 55.1 Å². The Kier molecular flexibility index (Phi) is 12.0. The van der Waals surface area contributed by atoms with Gasteiger partial charge in [-0.05, 0) is 121 Å². The molecule has 6 nitrogen and oxygen atoms in total. The molecule has 9 heteroatoms. The topological polar surface area (TPSA) is 64.3 Å². The molecule has 0 unspecified atom stereocenters. The van der Waals surface area contributed by atoms with Crippen LogP contribution >= 0.6 is 34.8 Å². The van der Waals surface area contributed by atoms with E-state index in [0.717, 1.165) is 58.0 Å². The number of aromatic nitrogens is 6. The van der Waals surface area contributed by atoms with Crippen molar-refractivity contribution in [3.8, 4) is 0 Å². The number of hydrogen-bond acceptors (Lipinski definition) is 3. The van der Waals surface area contributed by atoms with Crippen molar-refractivity contribution >= 4 is 67.9 Å². The number of nitrogens with zero attached hydrogens (tertiary/aromatic N) is 5. The van der Waals surface area contributed by atoms with E-state index in [-0.39, 0.29) is 0 Å². The number of para-hydroxylation sites is 6. The van der Waals surface area contributed by atoms with E-state index < -0.39 is 0 Å². The second kappa shape index (κ2) is 16.6. The Hall–Kier alpha value is -3.06. The van der Waals surface area contributed by atoms with Gasteiger partial charge in [0.1, 0.15) is 0 Å². The Morgan fingerprint density at radius 1 is 0.542 bits per heavy atom. The lowest BCUT2D eigenvalue weighted by Crippen LogP contribution is -2.22. The first-order chi connectivity index (χ1) is 23.4. The molecule has 48 heavy (non-hydrogen) atoms. The number of rotatable bonds is 6. The van der Waals surface area contributed by atoms with Gasteiger partial charge in [-0.2, -0.15) is 0 Å². The summed E-state index contributed by atoms with van der Waals surface area (Å²) in [6.45, 7) is 6.55. The molecule has 3 aromatic carbocycles. The highest BCUT2D eigenvalue weighted by molar-refractivity contribution is 6.29. The van der Waals surface area contributed by atoms with Crippen molar-refractivity contribution in [3.63, 3.8) is 0 Å². The van der Waals surface area contributed by atoms with E-state index >= 15 is 0 Å². The summed E-state index contributed by atoms with van der Waals surface area (Å²) in [5.74, 6) is 3.42. The summed E-state index contributed by atoms with van der Waals surface area (Å²) in [4.78, 5) is 15.9. The maximum absolute atomic E-state index is 6.41. The highest BCUT2D eigenvalue weighted by atomic mass is 35.5. The van der Waals surface area contributed by atoms with E-state index in [1.54, 1.807) is 0 Å². The number of imidazole rings is 3. The summed E-state index contributed by atoms with van der Waals surface area (Å²) in [6, 6.07) is 24.1. The average Bonchev–Trinajstić information content (AvgIpc) is 3.77. The molecule has 2 saturated carbocycles. The normalized spacial score (nSPS) is 21.1. The Balaban J connectivity index is 0.000000163. The van der Waals surface area contributed by atoms with Gasteiger partial charge < -0.3 is 14.1 Å². The third kappa shape index (κ3) is 8.56. The van der Waals surface area contributed by atoms with Gasteiger partial charge in [0.15, 0.2) is 0 Å². The zero-order chi connectivity index (χ0) is 33.5. The second-order valence-electron chi connectivity index (χ2n) is 13.6. The monoisotopic (exact) mass is 704 g/mol. The predicted molar refractivity (Wildman–Crippen MR) is 202 cm³/mol. The highest BCUT2D eigenvalue weighted by Gasteiger charge is 2.24. The van der Waals surface area contributed by atoms with Gasteiger partial charge >= 0.3 is 0 Å². The number of halogens is 3. The van der Waals surface area contributed by atoms with Crippen molar-refractivity contribution in [1.29, 1.82) is 0 Å². The van der Waals surface area contributed by atoms with Crippen molar-refractivity contribution < 1.29 is 0 Å². The first kappa shape index (κ1) is 34.8. The van der Waals surface area contributed by atoms with Crippen LogP contribution in [0.5, 0.6) is 0 Å². The summed E-state index contributed by atoms with van der Waals surface area (Å²) in [5, 5.41) is 1.64. The van der Waals surface area contributed by atoms with E-state index in [4.69, 9.17) is 34.8 Å². The van der Waals surface area contributed by atoms with Crippen LogP contribution < -0.4 is 0 Å². The molecule has 0 bridgehead atoms. The van der Waals surface area contributed by atoms with Crippen molar-refractivity contribution in [2.24, 2.45) is 23.7 Å². The molecule has 1 N–H and O–H groups in total. The number of benzene rings is 3. The lowest BCUT2D eigenvalue weighted by molar-refractivity contribution is 0.236. The van der Waals surface area contributed by atoms with Crippen LogP contribution in [0.2, 0.25) is 15.9 Å². The Morgan fingerprint density at radius 2 is 0.938 bits per heavy atom. The van der Waals surface area contributed by atoms with Gasteiger partial charge in [0.25, 0.3) is 0 Å². The molecule has 3 aromatic heterocycles. The molecule has 0 spiro atoms. The SMILES string of the molecule is CCC1CCC(CC)CC1.Clc1nc2ccccc2[nH]1.Clc1nc2ccccc2n1CC1CCC(Cn2c(Cl)nc3ccccc32)CC1. The minimum Gasteiger partial charge on any atom is -0.329 e.